The van der Waals surface area contributed by atoms with Crippen LogP contribution < -0.4 is 11.3 Å². The predicted molar refractivity (Wildman–Crippen MR) is 69.8 cm³/mol. The maximum absolute atomic E-state index is 5.65. The molecular weight excluding hydrogens is 204 g/mol. The van der Waals surface area contributed by atoms with E-state index in [1.807, 2.05) is 11.8 Å². The minimum absolute atomic E-state index is 0.535. The van der Waals surface area contributed by atoms with Crippen LogP contribution >= 0.6 is 11.8 Å². The Morgan fingerprint density at radius 3 is 2.40 bits per heavy atom. The van der Waals surface area contributed by atoms with Crippen LogP contribution in [0.2, 0.25) is 0 Å². The van der Waals surface area contributed by atoms with Crippen molar-refractivity contribution in [1.82, 2.24) is 5.43 Å². The Bertz CT molecular complexity index is 156. The van der Waals surface area contributed by atoms with E-state index >= 15 is 0 Å². The number of nitrogens with one attached hydrogen (secondary N) is 1. The fourth-order valence-electron chi connectivity index (χ4n) is 2.56. The standard InChI is InChI=1S/C12H26N2S/c1-3-10-5-7-11(8-6-10)12(14-13)9-15-4-2/h10-12,14H,3-9,13H2,1-2H3. The highest BCUT2D eigenvalue weighted by molar-refractivity contribution is 7.99. The Labute approximate surface area is 98.7 Å². The molecule has 0 aromatic rings. The molecule has 1 unspecified atom stereocenters. The van der Waals surface area contributed by atoms with E-state index in [0.29, 0.717) is 6.04 Å². The summed E-state index contributed by atoms with van der Waals surface area (Å²) in [7, 11) is 0. The minimum atomic E-state index is 0.535. The first kappa shape index (κ1) is 13.3. The molecule has 15 heavy (non-hydrogen) atoms. The average Bonchev–Trinajstić information content (AvgIpc) is 2.31. The SMILES string of the molecule is CCSCC(NN)C1CCC(CC)CC1. The lowest BCUT2D eigenvalue weighted by atomic mass is 9.78. The van der Waals surface area contributed by atoms with Gasteiger partial charge in [-0.05, 0) is 30.4 Å². The zero-order chi connectivity index (χ0) is 11.1. The largest absolute Gasteiger partial charge is 0.271 e. The summed E-state index contributed by atoms with van der Waals surface area (Å²) in [6.45, 7) is 4.53. The molecule has 1 rings (SSSR count). The van der Waals surface area contributed by atoms with Crippen LogP contribution in [0.5, 0.6) is 0 Å². The predicted octanol–water partition coefficient (Wildman–Crippen LogP) is 2.79. The second-order valence-electron chi connectivity index (χ2n) is 4.62. The third kappa shape index (κ3) is 4.33. The van der Waals surface area contributed by atoms with Gasteiger partial charge in [0.1, 0.15) is 0 Å². The normalized spacial score (nSPS) is 29.0. The van der Waals surface area contributed by atoms with Crippen molar-refractivity contribution >= 4 is 11.8 Å². The molecule has 3 heteroatoms. The van der Waals surface area contributed by atoms with E-state index in [2.05, 4.69) is 19.3 Å². The monoisotopic (exact) mass is 230 g/mol. The highest BCUT2D eigenvalue weighted by Crippen LogP contribution is 2.33. The molecule has 0 saturated heterocycles. The second-order valence-corrected chi connectivity index (χ2v) is 5.94. The van der Waals surface area contributed by atoms with Crippen molar-refractivity contribution in [2.24, 2.45) is 17.7 Å². The highest BCUT2D eigenvalue weighted by atomic mass is 32.2. The van der Waals surface area contributed by atoms with Crippen molar-refractivity contribution in [1.29, 1.82) is 0 Å². The Balaban J connectivity index is 2.29. The molecule has 0 spiro atoms. The molecule has 90 valence electrons. The van der Waals surface area contributed by atoms with Crippen LogP contribution in [0.15, 0.2) is 0 Å². The van der Waals surface area contributed by atoms with Crippen molar-refractivity contribution < 1.29 is 0 Å². The molecule has 1 saturated carbocycles. The van der Waals surface area contributed by atoms with Gasteiger partial charge in [-0.1, -0.05) is 33.1 Å². The quantitative estimate of drug-likeness (QED) is 0.544. The highest BCUT2D eigenvalue weighted by Gasteiger charge is 2.25. The first-order valence-electron chi connectivity index (χ1n) is 6.35. The van der Waals surface area contributed by atoms with Gasteiger partial charge in [0.2, 0.25) is 0 Å². The lowest BCUT2D eigenvalue weighted by Gasteiger charge is -2.33. The molecule has 1 aliphatic carbocycles. The van der Waals surface area contributed by atoms with Gasteiger partial charge in [-0.15, -0.1) is 0 Å². The van der Waals surface area contributed by atoms with Gasteiger partial charge in [-0.25, -0.2) is 0 Å². The molecule has 3 N–H and O–H groups in total. The molecule has 0 aromatic carbocycles. The van der Waals surface area contributed by atoms with Crippen molar-refractivity contribution in [2.45, 2.75) is 52.0 Å². The van der Waals surface area contributed by atoms with Gasteiger partial charge in [0.15, 0.2) is 0 Å². The first-order valence-corrected chi connectivity index (χ1v) is 7.51. The molecular formula is C12H26N2S. The molecule has 0 aliphatic heterocycles. The van der Waals surface area contributed by atoms with Crippen molar-refractivity contribution in [2.75, 3.05) is 11.5 Å². The second kappa shape index (κ2) is 7.53. The topological polar surface area (TPSA) is 38.0 Å². The molecule has 1 aliphatic rings. The molecule has 0 radical (unpaired) electrons. The van der Waals surface area contributed by atoms with Crippen LogP contribution in [0.1, 0.15) is 46.0 Å². The maximum Gasteiger partial charge on any atom is 0.0329 e. The summed E-state index contributed by atoms with van der Waals surface area (Å²) in [5.41, 5.74) is 3.02. The lowest BCUT2D eigenvalue weighted by molar-refractivity contribution is 0.229. The molecule has 0 bridgehead atoms. The van der Waals surface area contributed by atoms with Crippen molar-refractivity contribution in [3.05, 3.63) is 0 Å². The molecule has 1 atom stereocenters. The zero-order valence-electron chi connectivity index (χ0n) is 10.2. The van der Waals surface area contributed by atoms with Gasteiger partial charge in [0.05, 0.1) is 0 Å². The third-order valence-electron chi connectivity index (χ3n) is 3.75. The lowest BCUT2D eigenvalue weighted by Crippen LogP contribution is -2.44. The Morgan fingerprint density at radius 1 is 1.27 bits per heavy atom. The van der Waals surface area contributed by atoms with Crippen molar-refractivity contribution in [3.8, 4) is 0 Å². The number of nitrogens with two attached hydrogens (primary N) is 1. The van der Waals surface area contributed by atoms with Gasteiger partial charge in [-0.2, -0.15) is 11.8 Å². The number of hydrogen-bond acceptors (Lipinski definition) is 3. The van der Waals surface area contributed by atoms with Gasteiger partial charge in [0, 0.05) is 11.8 Å². The van der Waals surface area contributed by atoms with E-state index < -0.39 is 0 Å². The Morgan fingerprint density at radius 2 is 1.93 bits per heavy atom. The van der Waals surface area contributed by atoms with E-state index in [1.54, 1.807) is 0 Å². The van der Waals surface area contributed by atoms with Gasteiger partial charge < -0.3 is 0 Å². The van der Waals surface area contributed by atoms with Crippen LogP contribution in [0.3, 0.4) is 0 Å². The molecule has 2 nitrogen and oxygen atoms in total. The maximum atomic E-state index is 5.65. The van der Waals surface area contributed by atoms with E-state index in [-0.39, 0.29) is 0 Å². The number of rotatable bonds is 6. The summed E-state index contributed by atoms with van der Waals surface area (Å²) in [6.07, 6.45) is 6.93. The number of hydrogen-bond donors (Lipinski definition) is 2. The third-order valence-corrected chi connectivity index (χ3v) is 4.76. The molecule has 0 amide bonds. The fourth-order valence-corrected chi connectivity index (χ4v) is 3.42. The summed E-state index contributed by atoms with van der Waals surface area (Å²) in [5.74, 6) is 9.82. The van der Waals surface area contributed by atoms with Gasteiger partial charge >= 0.3 is 0 Å². The molecule has 0 heterocycles. The minimum Gasteiger partial charge on any atom is -0.271 e. The molecule has 1 fully saturated rings. The van der Waals surface area contributed by atoms with E-state index in [1.165, 1.54) is 43.6 Å². The van der Waals surface area contributed by atoms with Crippen LogP contribution in [0.4, 0.5) is 0 Å². The summed E-state index contributed by atoms with van der Waals surface area (Å²) in [6, 6.07) is 0.535. The van der Waals surface area contributed by atoms with Crippen LogP contribution in [-0.4, -0.2) is 17.5 Å². The molecule has 0 aromatic heterocycles. The summed E-state index contributed by atoms with van der Waals surface area (Å²) in [4.78, 5) is 0. The van der Waals surface area contributed by atoms with Crippen LogP contribution in [0.25, 0.3) is 0 Å². The van der Waals surface area contributed by atoms with Crippen molar-refractivity contribution in [3.63, 3.8) is 0 Å². The summed E-state index contributed by atoms with van der Waals surface area (Å²) in [5, 5.41) is 0. The summed E-state index contributed by atoms with van der Waals surface area (Å²) < 4.78 is 0. The van der Waals surface area contributed by atoms with E-state index in [4.69, 9.17) is 5.84 Å². The Hall–Kier alpha value is 0.270. The fraction of sp³-hybridized carbons (Fsp3) is 1.00. The number of hydrazine groups is 1. The van der Waals surface area contributed by atoms with Gasteiger partial charge in [0.25, 0.3) is 0 Å². The van der Waals surface area contributed by atoms with Crippen LogP contribution in [0, 0.1) is 11.8 Å². The average molecular weight is 230 g/mol. The zero-order valence-corrected chi connectivity index (χ0v) is 11.0. The smallest absolute Gasteiger partial charge is 0.0329 e. The van der Waals surface area contributed by atoms with Gasteiger partial charge in [-0.3, -0.25) is 11.3 Å². The van der Waals surface area contributed by atoms with E-state index in [9.17, 15) is 0 Å². The first-order chi connectivity index (χ1) is 7.31. The van der Waals surface area contributed by atoms with Crippen LogP contribution in [-0.2, 0) is 0 Å². The summed E-state index contributed by atoms with van der Waals surface area (Å²) >= 11 is 2.00. The van der Waals surface area contributed by atoms with E-state index in [0.717, 1.165) is 11.8 Å². The Kier molecular flexibility index (Phi) is 6.69. The number of thioether (sulfide) groups is 1.